The van der Waals surface area contributed by atoms with Crippen LogP contribution >= 0.6 is 35.0 Å². The Morgan fingerprint density at radius 1 is 1.22 bits per heavy atom. The number of nitrogens with zero attached hydrogens (tertiary/aromatic N) is 2. The maximum Gasteiger partial charge on any atom is 0.258 e. The second kappa shape index (κ2) is 10.8. The van der Waals surface area contributed by atoms with Gasteiger partial charge in [0.2, 0.25) is 5.91 Å². The van der Waals surface area contributed by atoms with Gasteiger partial charge in [0.25, 0.3) is 11.5 Å². The Morgan fingerprint density at radius 2 is 1.97 bits per heavy atom. The lowest BCUT2D eigenvalue weighted by molar-refractivity contribution is -0.132. The van der Waals surface area contributed by atoms with Gasteiger partial charge in [0.1, 0.15) is 11.9 Å². The van der Waals surface area contributed by atoms with Crippen molar-refractivity contribution in [1.82, 2.24) is 20.2 Å². The summed E-state index contributed by atoms with van der Waals surface area (Å²) in [4.78, 5) is 46.8. The summed E-state index contributed by atoms with van der Waals surface area (Å²) >= 11 is 13.6. The number of nitrogens with one attached hydrogen (secondary N) is 2. The van der Waals surface area contributed by atoms with Crippen LogP contribution in [0.4, 0.5) is 0 Å². The van der Waals surface area contributed by atoms with E-state index in [0.717, 1.165) is 0 Å². The topological polar surface area (TPSA) is 95.2 Å². The molecule has 168 valence electrons. The smallest absolute Gasteiger partial charge is 0.258 e. The summed E-state index contributed by atoms with van der Waals surface area (Å²) in [7, 11) is 1.60. The number of H-pyrrole nitrogens is 1. The largest absolute Gasteiger partial charge is 0.340 e. The quantitative estimate of drug-likeness (QED) is 0.499. The molecule has 3 aromatic rings. The number of carbonyl (C=O) groups is 2. The van der Waals surface area contributed by atoms with Gasteiger partial charge in [-0.15, -0.1) is 0 Å². The molecule has 0 aliphatic heterocycles. The maximum absolute atomic E-state index is 13.1. The summed E-state index contributed by atoms with van der Waals surface area (Å²) in [5, 5.41) is 3.88. The lowest BCUT2D eigenvalue weighted by atomic mass is 10.1. The maximum atomic E-state index is 13.1. The van der Waals surface area contributed by atoms with Gasteiger partial charge in [-0.3, -0.25) is 14.4 Å². The van der Waals surface area contributed by atoms with Crippen molar-refractivity contribution in [3.63, 3.8) is 0 Å². The summed E-state index contributed by atoms with van der Waals surface area (Å²) in [6.07, 6.45) is 2.36. The van der Waals surface area contributed by atoms with Gasteiger partial charge < -0.3 is 15.2 Å². The van der Waals surface area contributed by atoms with Gasteiger partial charge in [-0.25, -0.2) is 4.98 Å². The van der Waals surface area contributed by atoms with Crippen LogP contribution in [0.3, 0.4) is 0 Å². The highest BCUT2D eigenvalue weighted by Crippen LogP contribution is 2.21. The second-order valence-electron chi connectivity index (χ2n) is 7.16. The number of halogens is 2. The van der Waals surface area contributed by atoms with E-state index < -0.39 is 11.9 Å². The number of rotatable bonds is 8. The molecule has 0 saturated heterocycles. The normalized spacial score (nSPS) is 11.9. The number of hydrogen-bond donors (Lipinski definition) is 2. The van der Waals surface area contributed by atoms with Gasteiger partial charge in [0, 0.05) is 12.1 Å². The Bertz CT molecular complexity index is 1200. The average molecular weight is 493 g/mol. The molecule has 1 atom stereocenters. The number of likely N-dealkylation sites (N-methyl/N-ethyl adjacent to an activating group) is 1. The summed E-state index contributed by atoms with van der Waals surface area (Å²) < 4.78 is 0. The highest BCUT2D eigenvalue weighted by atomic mass is 35.5. The number of benzene rings is 2. The van der Waals surface area contributed by atoms with Crippen LogP contribution in [0.15, 0.2) is 47.3 Å². The highest BCUT2D eigenvalue weighted by Gasteiger charge is 2.25. The second-order valence-corrected chi connectivity index (χ2v) is 8.98. The first kappa shape index (κ1) is 24.1. The Kier molecular flexibility index (Phi) is 8.17. The van der Waals surface area contributed by atoms with Crippen LogP contribution in [0.25, 0.3) is 10.9 Å². The van der Waals surface area contributed by atoms with E-state index in [1.807, 2.05) is 6.26 Å². The van der Waals surface area contributed by atoms with Crippen molar-refractivity contribution in [2.75, 3.05) is 19.1 Å². The molecule has 2 amide bonds. The van der Waals surface area contributed by atoms with E-state index in [4.69, 9.17) is 23.2 Å². The first-order chi connectivity index (χ1) is 15.3. The van der Waals surface area contributed by atoms with Crippen molar-refractivity contribution in [3.8, 4) is 0 Å². The Balaban J connectivity index is 1.77. The molecule has 0 fully saturated rings. The Labute approximate surface area is 199 Å². The molecule has 10 heteroatoms. The van der Waals surface area contributed by atoms with E-state index in [0.29, 0.717) is 33.9 Å². The van der Waals surface area contributed by atoms with Crippen LogP contribution in [0, 0.1) is 0 Å². The van der Waals surface area contributed by atoms with Crippen LogP contribution in [0.2, 0.25) is 10.0 Å². The van der Waals surface area contributed by atoms with Gasteiger partial charge in [-0.05, 0) is 48.8 Å². The molecule has 1 aromatic heterocycles. The van der Waals surface area contributed by atoms with Gasteiger partial charge in [-0.2, -0.15) is 11.8 Å². The van der Waals surface area contributed by atoms with Gasteiger partial charge in [0.15, 0.2) is 0 Å². The molecule has 0 bridgehead atoms. The fourth-order valence-corrected chi connectivity index (χ4v) is 4.15. The zero-order valence-corrected chi connectivity index (χ0v) is 19.9. The molecule has 0 spiro atoms. The van der Waals surface area contributed by atoms with Crippen LogP contribution in [0.1, 0.15) is 22.6 Å². The number of hydrogen-bond acceptors (Lipinski definition) is 5. The van der Waals surface area contributed by atoms with Crippen molar-refractivity contribution in [2.45, 2.75) is 19.0 Å². The van der Waals surface area contributed by atoms with E-state index >= 15 is 0 Å². The number of aromatic amines is 1. The van der Waals surface area contributed by atoms with E-state index in [1.54, 1.807) is 49.1 Å². The van der Waals surface area contributed by atoms with Crippen molar-refractivity contribution in [1.29, 1.82) is 0 Å². The van der Waals surface area contributed by atoms with Crippen molar-refractivity contribution < 1.29 is 9.59 Å². The standard InChI is InChI=1S/C22H22Cl2N4O3S/c1-28(12-19-25-17-6-4-3-5-15(17)21(30)27-19)22(31)18(9-10-32-2)26-20(29)14-8-7-13(23)11-16(14)24/h3-8,11,18H,9-10,12H2,1-2H3,(H,26,29)(H,25,27,30)/t18-/m1/s1. The van der Waals surface area contributed by atoms with E-state index in [1.165, 1.54) is 17.0 Å². The van der Waals surface area contributed by atoms with E-state index in [-0.39, 0.29) is 28.6 Å². The van der Waals surface area contributed by atoms with Gasteiger partial charge in [-0.1, -0.05) is 35.3 Å². The van der Waals surface area contributed by atoms with Gasteiger partial charge >= 0.3 is 0 Å². The summed E-state index contributed by atoms with van der Waals surface area (Å²) in [6.45, 7) is 0.0895. The minimum Gasteiger partial charge on any atom is -0.340 e. The minimum atomic E-state index is -0.765. The van der Waals surface area contributed by atoms with E-state index in [9.17, 15) is 14.4 Å². The molecule has 1 heterocycles. The molecule has 32 heavy (non-hydrogen) atoms. The molecule has 3 rings (SSSR count). The third-order valence-corrected chi connectivity index (χ3v) is 6.01. The van der Waals surface area contributed by atoms with E-state index in [2.05, 4.69) is 15.3 Å². The van der Waals surface area contributed by atoms with Gasteiger partial charge in [0.05, 0.1) is 28.0 Å². The molecule has 2 aromatic carbocycles. The SMILES string of the molecule is CSCC[C@@H](NC(=O)c1ccc(Cl)cc1Cl)C(=O)N(C)Cc1nc2ccccc2c(=O)[nH]1. The van der Waals surface area contributed by atoms with Crippen molar-refractivity contribution in [3.05, 3.63) is 74.3 Å². The molecule has 0 aliphatic rings. The highest BCUT2D eigenvalue weighted by molar-refractivity contribution is 7.98. The average Bonchev–Trinajstić information content (AvgIpc) is 2.76. The molecule has 0 aliphatic carbocycles. The minimum absolute atomic E-state index is 0.0895. The van der Waals surface area contributed by atoms with Crippen LogP contribution in [-0.4, -0.2) is 51.8 Å². The van der Waals surface area contributed by atoms with Crippen LogP contribution in [-0.2, 0) is 11.3 Å². The Hall–Kier alpha value is -2.55. The molecule has 0 saturated carbocycles. The summed E-state index contributed by atoms with van der Waals surface area (Å²) in [5.41, 5.74) is 0.522. The third-order valence-electron chi connectivity index (χ3n) is 4.81. The number of aromatic nitrogens is 2. The first-order valence-corrected chi connectivity index (χ1v) is 11.9. The lowest BCUT2D eigenvalue weighted by Gasteiger charge is -2.24. The molecular formula is C22H22Cl2N4O3S. The Morgan fingerprint density at radius 3 is 2.69 bits per heavy atom. The lowest BCUT2D eigenvalue weighted by Crippen LogP contribution is -2.47. The van der Waals surface area contributed by atoms with Crippen LogP contribution < -0.4 is 10.9 Å². The number of thioether (sulfide) groups is 1. The molecule has 0 radical (unpaired) electrons. The number of fused-ring (bicyclic) bond motifs is 1. The number of para-hydroxylation sites is 1. The third kappa shape index (κ3) is 5.82. The van der Waals surface area contributed by atoms with Crippen molar-refractivity contribution >= 4 is 57.7 Å². The molecule has 2 N–H and O–H groups in total. The molecule has 7 nitrogen and oxygen atoms in total. The first-order valence-electron chi connectivity index (χ1n) is 9.78. The zero-order valence-electron chi connectivity index (χ0n) is 17.5. The monoisotopic (exact) mass is 492 g/mol. The molecular weight excluding hydrogens is 471 g/mol. The summed E-state index contributed by atoms with van der Waals surface area (Å²) in [5.74, 6) is 0.273. The predicted molar refractivity (Wildman–Crippen MR) is 130 cm³/mol. The van der Waals surface area contributed by atoms with Crippen molar-refractivity contribution in [2.24, 2.45) is 0 Å². The van der Waals surface area contributed by atoms with Crippen LogP contribution in [0.5, 0.6) is 0 Å². The molecule has 0 unspecified atom stereocenters. The fraction of sp³-hybridized carbons (Fsp3) is 0.273. The zero-order chi connectivity index (χ0) is 23.3. The fourth-order valence-electron chi connectivity index (χ4n) is 3.18. The number of carbonyl (C=O) groups excluding carboxylic acids is 2. The number of amides is 2. The predicted octanol–water partition coefficient (Wildman–Crippen LogP) is 3.74. The summed E-state index contributed by atoms with van der Waals surface area (Å²) in [6, 6.07) is 10.8.